The fraction of sp³-hybridized carbons (Fsp3) is 0.250. The van der Waals surface area contributed by atoms with Crippen LogP contribution in [0.2, 0.25) is 0 Å². The highest BCUT2D eigenvalue weighted by atomic mass is 16.1. The van der Waals surface area contributed by atoms with Crippen molar-refractivity contribution in [3.05, 3.63) is 71.7 Å². The van der Waals surface area contributed by atoms with Crippen LogP contribution >= 0.6 is 0 Å². The number of rotatable bonds is 5. The second-order valence-electron chi connectivity index (χ2n) is 6.19. The van der Waals surface area contributed by atoms with Gasteiger partial charge in [0, 0.05) is 11.9 Å². The van der Waals surface area contributed by atoms with Crippen molar-refractivity contribution in [3.8, 4) is 5.82 Å². The van der Waals surface area contributed by atoms with Gasteiger partial charge in [0.2, 0.25) is 0 Å². The Morgan fingerprint density at radius 2 is 1.92 bits per heavy atom. The monoisotopic (exact) mass is 334 g/mol. The molecule has 5 nitrogen and oxygen atoms in total. The number of pyridine rings is 1. The van der Waals surface area contributed by atoms with Crippen LogP contribution in [0.5, 0.6) is 0 Å². The van der Waals surface area contributed by atoms with Gasteiger partial charge in [0.1, 0.15) is 0 Å². The second-order valence-corrected chi connectivity index (χ2v) is 6.19. The number of amides is 1. The summed E-state index contributed by atoms with van der Waals surface area (Å²) in [5, 5.41) is 7.30. The van der Waals surface area contributed by atoms with Gasteiger partial charge in [-0.3, -0.25) is 4.79 Å². The van der Waals surface area contributed by atoms with Crippen molar-refractivity contribution in [1.82, 2.24) is 14.8 Å². The highest BCUT2D eigenvalue weighted by Gasteiger charge is 2.17. The summed E-state index contributed by atoms with van der Waals surface area (Å²) in [4.78, 5) is 17.0. The first-order valence-corrected chi connectivity index (χ1v) is 8.49. The first kappa shape index (κ1) is 16.9. The molecule has 1 N–H and O–H groups in total. The van der Waals surface area contributed by atoms with Gasteiger partial charge < -0.3 is 5.32 Å². The van der Waals surface area contributed by atoms with E-state index in [-0.39, 0.29) is 5.91 Å². The lowest BCUT2D eigenvalue weighted by molar-refractivity contribution is 0.102. The summed E-state index contributed by atoms with van der Waals surface area (Å²) in [5.41, 5.74) is 3.44. The van der Waals surface area contributed by atoms with Crippen LogP contribution in [-0.4, -0.2) is 20.7 Å². The molecule has 3 rings (SSSR count). The number of aromatic nitrogens is 3. The van der Waals surface area contributed by atoms with E-state index in [0.717, 1.165) is 11.4 Å². The molecule has 128 valence electrons. The van der Waals surface area contributed by atoms with Crippen molar-refractivity contribution < 1.29 is 4.79 Å². The van der Waals surface area contributed by atoms with Crippen LogP contribution in [0.4, 0.5) is 5.69 Å². The van der Waals surface area contributed by atoms with E-state index >= 15 is 0 Å². The Hall–Kier alpha value is -2.95. The third-order valence-corrected chi connectivity index (χ3v) is 4.15. The third kappa shape index (κ3) is 3.60. The molecule has 0 spiro atoms. The van der Waals surface area contributed by atoms with Gasteiger partial charge >= 0.3 is 0 Å². The number of carbonyl (C=O) groups excluding carboxylic acids is 1. The third-order valence-electron chi connectivity index (χ3n) is 4.15. The fourth-order valence-electron chi connectivity index (χ4n) is 2.73. The van der Waals surface area contributed by atoms with E-state index in [0.29, 0.717) is 23.7 Å². The lowest BCUT2D eigenvalue weighted by atomic mass is 10.0. The van der Waals surface area contributed by atoms with Crippen LogP contribution in [-0.2, 0) is 6.42 Å². The molecule has 0 radical (unpaired) electrons. The summed E-state index contributed by atoms with van der Waals surface area (Å²) in [6, 6.07) is 13.6. The summed E-state index contributed by atoms with van der Waals surface area (Å²) in [6.07, 6.45) is 4.00. The Labute approximate surface area is 147 Å². The number of benzene rings is 1. The van der Waals surface area contributed by atoms with Gasteiger partial charge in [-0.15, -0.1) is 0 Å². The number of nitrogens with one attached hydrogen (secondary N) is 1. The second kappa shape index (κ2) is 7.30. The molecule has 0 atom stereocenters. The maximum absolute atomic E-state index is 12.7. The van der Waals surface area contributed by atoms with E-state index in [4.69, 9.17) is 0 Å². The normalized spacial score (nSPS) is 10.9. The predicted octanol–water partition coefficient (Wildman–Crippen LogP) is 4.21. The first-order chi connectivity index (χ1) is 12.1. The van der Waals surface area contributed by atoms with Crippen molar-refractivity contribution >= 4 is 11.6 Å². The number of nitrogens with zero attached hydrogens (tertiary/aromatic N) is 3. The number of carbonyl (C=O) groups is 1. The SMILES string of the molecule is CCc1c(C(=O)Nc2ccc(C(C)C)cc2)cnn1-c1ccccn1. The molecule has 0 saturated heterocycles. The van der Waals surface area contributed by atoms with Crippen LogP contribution in [0.1, 0.15) is 48.3 Å². The van der Waals surface area contributed by atoms with E-state index in [2.05, 4.69) is 29.2 Å². The molecule has 0 bridgehead atoms. The maximum atomic E-state index is 12.7. The molecule has 0 aliphatic heterocycles. The molecular formula is C20H22N4O. The van der Waals surface area contributed by atoms with E-state index in [9.17, 15) is 4.79 Å². The number of anilines is 1. The highest BCUT2D eigenvalue weighted by Crippen LogP contribution is 2.19. The molecule has 25 heavy (non-hydrogen) atoms. The maximum Gasteiger partial charge on any atom is 0.259 e. The summed E-state index contributed by atoms with van der Waals surface area (Å²) in [5.74, 6) is 1.02. The molecule has 0 fully saturated rings. The number of hydrogen-bond donors (Lipinski definition) is 1. The molecule has 1 aromatic carbocycles. The minimum absolute atomic E-state index is 0.156. The highest BCUT2D eigenvalue weighted by molar-refractivity contribution is 6.05. The predicted molar refractivity (Wildman–Crippen MR) is 99.2 cm³/mol. The fourth-order valence-corrected chi connectivity index (χ4v) is 2.73. The Balaban J connectivity index is 1.84. The largest absolute Gasteiger partial charge is 0.322 e. The zero-order valence-corrected chi connectivity index (χ0v) is 14.7. The van der Waals surface area contributed by atoms with Gasteiger partial charge in [0.25, 0.3) is 5.91 Å². The van der Waals surface area contributed by atoms with Crippen LogP contribution in [0.3, 0.4) is 0 Å². The Bertz CT molecular complexity index is 851. The zero-order valence-electron chi connectivity index (χ0n) is 14.7. The topological polar surface area (TPSA) is 59.8 Å². The molecule has 0 unspecified atom stereocenters. The summed E-state index contributed by atoms with van der Waals surface area (Å²) in [7, 11) is 0. The van der Waals surface area contributed by atoms with E-state index in [1.54, 1.807) is 17.1 Å². The van der Waals surface area contributed by atoms with E-state index in [1.807, 2.05) is 49.4 Å². The summed E-state index contributed by atoms with van der Waals surface area (Å²) >= 11 is 0. The standard InChI is InChI=1S/C20H22N4O/c1-4-18-17(13-22-24(18)19-7-5-6-12-21-19)20(25)23-16-10-8-15(9-11-16)14(2)3/h5-14H,4H2,1-3H3,(H,23,25). The van der Waals surface area contributed by atoms with Crippen LogP contribution in [0.15, 0.2) is 54.9 Å². The molecule has 0 aliphatic rings. The molecule has 2 heterocycles. The van der Waals surface area contributed by atoms with Crippen LogP contribution in [0, 0.1) is 0 Å². The van der Waals surface area contributed by atoms with Crippen LogP contribution < -0.4 is 5.32 Å². The van der Waals surface area contributed by atoms with E-state index < -0.39 is 0 Å². The summed E-state index contributed by atoms with van der Waals surface area (Å²) in [6.45, 7) is 6.30. The van der Waals surface area contributed by atoms with Gasteiger partial charge in [-0.25, -0.2) is 9.67 Å². The Kier molecular flexibility index (Phi) is 4.93. The Morgan fingerprint density at radius 3 is 2.52 bits per heavy atom. The van der Waals surface area contributed by atoms with Crippen molar-refractivity contribution in [2.75, 3.05) is 5.32 Å². The average molecular weight is 334 g/mol. The summed E-state index contributed by atoms with van der Waals surface area (Å²) < 4.78 is 1.72. The molecule has 5 heteroatoms. The minimum atomic E-state index is -0.156. The van der Waals surface area contributed by atoms with Gasteiger partial charge in [-0.2, -0.15) is 5.10 Å². The zero-order chi connectivity index (χ0) is 17.8. The molecule has 0 aliphatic carbocycles. The molecule has 2 aromatic heterocycles. The minimum Gasteiger partial charge on any atom is -0.322 e. The van der Waals surface area contributed by atoms with Gasteiger partial charge in [-0.05, 0) is 42.2 Å². The van der Waals surface area contributed by atoms with Crippen molar-refractivity contribution in [3.63, 3.8) is 0 Å². The van der Waals surface area contributed by atoms with Gasteiger partial charge in [0.05, 0.1) is 17.5 Å². The van der Waals surface area contributed by atoms with Crippen molar-refractivity contribution in [2.45, 2.75) is 33.1 Å². The van der Waals surface area contributed by atoms with Gasteiger partial charge in [-0.1, -0.05) is 39.0 Å². The smallest absolute Gasteiger partial charge is 0.259 e. The Morgan fingerprint density at radius 1 is 1.16 bits per heavy atom. The quantitative estimate of drug-likeness (QED) is 0.760. The van der Waals surface area contributed by atoms with Crippen molar-refractivity contribution in [1.29, 1.82) is 0 Å². The van der Waals surface area contributed by atoms with Crippen molar-refractivity contribution in [2.24, 2.45) is 0 Å². The van der Waals surface area contributed by atoms with Gasteiger partial charge in [0.15, 0.2) is 5.82 Å². The van der Waals surface area contributed by atoms with Crippen LogP contribution in [0.25, 0.3) is 5.82 Å². The molecule has 0 saturated carbocycles. The number of hydrogen-bond acceptors (Lipinski definition) is 3. The molecule has 3 aromatic rings. The van der Waals surface area contributed by atoms with E-state index in [1.165, 1.54) is 5.56 Å². The first-order valence-electron chi connectivity index (χ1n) is 8.49. The molecular weight excluding hydrogens is 312 g/mol. The lowest BCUT2D eigenvalue weighted by Gasteiger charge is -2.09. The molecule has 1 amide bonds. The average Bonchev–Trinajstić information content (AvgIpc) is 3.07. The lowest BCUT2D eigenvalue weighted by Crippen LogP contribution is -2.14.